The standard InChI is InChI=1S/C17H26N2O2.ClH/c1-16(2,14-6-4-3-5-7-14)13-19-15(20)17(12-18)8-10-21-11-9-17;/h3-7H,8-13,18H2,1-2H3,(H,19,20);1H. The predicted octanol–water partition coefficient (Wildman–Crippen LogP) is 2.26. The van der Waals surface area contributed by atoms with Gasteiger partial charge in [0.25, 0.3) is 0 Å². The van der Waals surface area contributed by atoms with Gasteiger partial charge < -0.3 is 15.8 Å². The van der Waals surface area contributed by atoms with Gasteiger partial charge in [0, 0.05) is 31.7 Å². The molecule has 1 aromatic rings. The minimum atomic E-state index is -0.453. The summed E-state index contributed by atoms with van der Waals surface area (Å²) >= 11 is 0. The zero-order chi connectivity index (χ0) is 15.3. The largest absolute Gasteiger partial charge is 0.381 e. The van der Waals surface area contributed by atoms with E-state index < -0.39 is 5.41 Å². The molecule has 22 heavy (non-hydrogen) atoms. The highest BCUT2D eigenvalue weighted by Gasteiger charge is 2.39. The maximum Gasteiger partial charge on any atom is 0.227 e. The summed E-state index contributed by atoms with van der Waals surface area (Å²) < 4.78 is 5.36. The Hall–Kier alpha value is -1.10. The first-order valence-electron chi connectivity index (χ1n) is 7.62. The van der Waals surface area contributed by atoms with Gasteiger partial charge in [-0.1, -0.05) is 44.2 Å². The molecule has 3 N–H and O–H groups in total. The Labute approximate surface area is 139 Å². The quantitative estimate of drug-likeness (QED) is 0.872. The molecule has 1 saturated heterocycles. The van der Waals surface area contributed by atoms with Crippen molar-refractivity contribution < 1.29 is 9.53 Å². The van der Waals surface area contributed by atoms with Crippen molar-refractivity contribution in [2.75, 3.05) is 26.3 Å². The molecule has 1 fully saturated rings. The number of amides is 1. The van der Waals surface area contributed by atoms with E-state index in [2.05, 4.69) is 31.3 Å². The van der Waals surface area contributed by atoms with Crippen molar-refractivity contribution in [1.82, 2.24) is 5.32 Å². The van der Waals surface area contributed by atoms with Crippen LogP contribution in [0.3, 0.4) is 0 Å². The van der Waals surface area contributed by atoms with E-state index in [0.29, 0.717) is 39.1 Å². The number of nitrogens with two attached hydrogens (primary N) is 1. The highest BCUT2D eigenvalue weighted by molar-refractivity contribution is 5.85. The molecule has 0 atom stereocenters. The van der Waals surface area contributed by atoms with Crippen LogP contribution in [-0.4, -0.2) is 32.2 Å². The third-order valence-corrected chi connectivity index (χ3v) is 4.57. The number of benzene rings is 1. The van der Waals surface area contributed by atoms with Crippen molar-refractivity contribution in [3.8, 4) is 0 Å². The number of carbonyl (C=O) groups excluding carboxylic acids is 1. The lowest BCUT2D eigenvalue weighted by molar-refractivity contribution is -0.136. The minimum absolute atomic E-state index is 0. The molecule has 1 amide bonds. The number of rotatable bonds is 5. The first kappa shape index (κ1) is 18.9. The predicted molar refractivity (Wildman–Crippen MR) is 91.3 cm³/mol. The summed E-state index contributed by atoms with van der Waals surface area (Å²) in [4.78, 5) is 12.6. The molecule has 5 heteroatoms. The van der Waals surface area contributed by atoms with Gasteiger partial charge in [-0.25, -0.2) is 0 Å². The third kappa shape index (κ3) is 4.22. The molecule has 0 aromatic heterocycles. The van der Waals surface area contributed by atoms with Crippen molar-refractivity contribution >= 4 is 18.3 Å². The summed E-state index contributed by atoms with van der Waals surface area (Å²) in [5.74, 6) is 0.0670. The van der Waals surface area contributed by atoms with Crippen LogP contribution in [0.4, 0.5) is 0 Å². The van der Waals surface area contributed by atoms with Crippen molar-refractivity contribution in [3.63, 3.8) is 0 Å². The lowest BCUT2D eigenvalue weighted by Crippen LogP contribution is -2.51. The van der Waals surface area contributed by atoms with Gasteiger partial charge in [-0.05, 0) is 18.4 Å². The highest BCUT2D eigenvalue weighted by Crippen LogP contribution is 2.30. The summed E-state index contributed by atoms with van der Waals surface area (Å²) in [5, 5.41) is 3.11. The van der Waals surface area contributed by atoms with Crippen LogP contribution < -0.4 is 11.1 Å². The van der Waals surface area contributed by atoms with E-state index in [1.54, 1.807) is 0 Å². The number of carbonyl (C=O) groups is 1. The molecule has 124 valence electrons. The molecule has 0 aliphatic carbocycles. The summed E-state index contributed by atoms with van der Waals surface area (Å²) in [6, 6.07) is 10.2. The van der Waals surface area contributed by atoms with Gasteiger partial charge in [0.2, 0.25) is 5.91 Å². The summed E-state index contributed by atoms with van der Waals surface area (Å²) in [6.45, 7) is 6.51. The Kier molecular flexibility index (Phi) is 6.85. The zero-order valence-electron chi connectivity index (χ0n) is 13.4. The van der Waals surface area contributed by atoms with Crippen molar-refractivity contribution in [3.05, 3.63) is 35.9 Å². The van der Waals surface area contributed by atoms with E-state index in [9.17, 15) is 4.79 Å². The van der Waals surface area contributed by atoms with Crippen molar-refractivity contribution in [2.45, 2.75) is 32.1 Å². The smallest absolute Gasteiger partial charge is 0.227 e. The van der Waals surface area contributed by atoms with E-state index in [4.69, 9.17) is 10.5 Å². The normalized spacial score (nSPS) is 17.4. The molecular weight excluding hydrogens is 300 g/mol. The van der Waals surface area contributed by atoms with Gasteiger partial charge >= 0.3 is 0 Å². The average molecular weight is 327 g/mol. The van der Waals surface area contributed by atoms with Crippen LogP contribution in [0.5, 0.6) is 0 Å². The van der Waals surface area contributed by atoms with Gasteiger partial charge in [0.05, 0.1) is 5.41 Å². The molecule has 0 saturated carbocycles. The maximum atomic E-state index is 12.6. The van der Waals surface area contributed by atoms with Gasteiger partial charge in [0.15, 0.2) is 0 Å². The van der Waals surface area contributed by atoms with Crippen molar-refractivity contribution in [2.24, 2.45) is 11.1 Å². The van der Waals surface area contributed by atoms with E-state index in [0.717, 1.165) is 0 Å². The monoisotopic (exact) mass is 326 g/mol. The van der Waals surface area contributed by atoms with E-state index >= 15 is 0 Å². The number of ether oxygens (including phenoxy) is 1. The van der Waals surface area contributed by atoms with Crippen LogP contribution in [0.25, 0.3) is 0 Å². The third-order valence-electron chi connectivity index (χ3n) is 4.57. The molecule has 1 aliphatic heterocycles. The summed E-state index contributed by atoms with van der Waals surface area (Å²) in [7, 11) is 0. The van der Waals surface area contributed by atoms with Gasteiger partial charge in [-0.2, -0.15) is 0 Å². The number of halogens is 1. The highest BCUT2D eigenvalue weighted by atomic mass is 35.5. The Balaban J connectivity index is 0.00000242. The lowest BCUT2D eigenvalue weighted by Gasteiger charge is -2.36. The van der Waals surface area contributed by atoms with Crippen LogP contribution >= 0.6 is 12.4 Å². The minimum Gasteiger partial charge on any atom is -0.381 e. The van der Waals surface area contributed by atoms with Crippen LogP contribution in [0, 0.1) is 5.41 Å². The Bertz CT molecular complexity index is 471. The van der Waals surface area contributed by atoms with Crippen LogP contribution in [-0.2, 0) is 14.9 Å². The fraction of sp³-hybridized carbons (Fsp3) is 0.588. The molecule has 0 radical (unpaired) electrons. The zero-order valence-corrected chi connectivity index (χ0v) is 14.2. The Morgan fingerprint density at radius 1 is 1.27 bits per heavy atom. The molecular formula is C17H27ClN2O2. The first-order valence-corrected chi connectivity index (χ1v) is 7.62. The number of nitrogens with one attached hydrogen (secondary N) is 1. The molecule has 1 aliphatic rings. The second-order valence-corrected chi connectivity index (χ2v) is 6.53. The fourth-order valence-electron chi connectivity index (χ4n) is 2.77. The van der Waals surface area contributed by atoms with E-state index in [-0.39, 0.29) is 23.7 Å². The van der Waals surface area contributed by atoms with Crippen molar-refractivity contribution in [1.29, 1.82) is 0 Å². The fourth-order valence-corrected chi connectivity index (χ4v) is 2.77. The number of hydrogen-bond acceptors (Lipinski definition) is 3. The molecule has 0 spiro atoms. The van der Waals surface area contributed by atoms with Gasteiger partial charge in [-0.15, -0.1) is 12.4 Å². The van der Waals surface area contributed by atoms with E-state index in [1.165, 1.54) is 5.56 Å². The second-order valence-electron chi connectivity index (χ2n) is 6.53. The molecule has 0 bridgehead atoms. The SMILES string of the molecule is CC(C)(CNC(=O)C1(CN)CCOCC1)c1ccccc1.Cl. The van der Waals surface area contributed by atoms with E-state index in [1.807, 2.05) is 18.2 Å². The average Bonchev–Trinajstić information content (AvgIpc) is 2.54. The Morgan fingerprint density at radius 3 is 2.41 bits per heavy atom. The summed E-state index contributed by atoms with van der Waals surface area (Å²) in [6.07, 6.45) is 1.42. The lowest BCUT2D eigenvalue weighted by atomic mass is 9.78. The molecule has 1 aromatic carbocycles. The molecule has 4 nitrogen and oxygen atoms in total. The Morgan fingerprint density at radius 2 is 1.86 bits per heavy atom. The maximum absolute atomic E-state index is 12.6. The van der Waals surface area contributed by atoms with Crippen LogP contribution in [0.1, 0.15) is 32.3 Å². The first-order chi connectivity index (χ1) is 10.0. The van der Waals surface area contributed by atoms with Crippen LogP contribution in [0.2, 0.25) is 0 Å². The number of hydrogen-bond donors (Lipinski definition) is 2. The topological polar surface area (TPSA) is 64.4 Å². The van der Waals surface area contributed by atoms with Gasteiger partial charge in [-0.3, -0.25) is 4.79 Å². The molecule has 1 heterocycles. The molecule has 0 unspecified atom stereocenters. The van der Waals surface area contributed by atoms with Gasteiger partial charge in [0.1, 0.15) is 0 Å². The molecule has 2 rings (SSSR count). The summed E-state index contributed by atoms with van der Waals surface area (Å²) in [5.41, 5.74) is 6.54. The van der Waals surface area contributed by atoms with Crippen LogP contribution in [0.15, 0.2) is 30.3 Å². The second kappa shape index (κ2) is 7.95.